The van der Waals surface area contributed by atoms with Crippen LogP contribution in [-0.2, 0) is 9.59 Å². The molecule has 3 aromatic carbocycles. The minimum Gasteiger partial charge on any atom is -0.350 e. The Bertz CT molecular complexity index is 1420. The summed E-state index contributed by atoms with van der Waals surface area (Å²) in [5.74, 6) is -1.03. The van der Waals surface area contributed by atoms with Crippen LogP contribution in [-0.4, -0.2) is 17.7 Å². The van der Waals surface area contributed by atoms with Crippen LogP contribution < -0.4 is 15.5 Å². The molecule has 2 N–H and O–H groups in total. The minimum absolute atomic E-state index is 0.199. The van der Waals surface area contributed by atoms with Crippen LogP contribution in [0, 0.1) is 0 Å². The van der Waals surface area contributed by atoms with Gasteiger partial charge in [0.25, 0.3) is 17.7 Å². The molecule has 5 rings (SSSR count). The predicted octanol–water partition coefficient (Wildman–Crippen LogP) is 5.99. The second-order valence-electron chi connectivity index (χ2n) is 7.54. The van der Waals surface area contributed by atoms with Crippen LogP contribution in [0.2, 0.25) is 0 Å². The monoisotopic (exact) mass is 497 g/mol. The van der Waals surface area contributed by atoms with Crippen molar-refractivity contribution in [1.29, 1.82) is 0 Å². The van der Waals surface area contributed by atoms with Gasteiger partial charge in [0, 0.05) is 16.3 Å². The summed E-state index contributed by atoms with van der Waals surface area (Å²) in [6.45, 7) is 0. The van der Waals surface area contributed by atoms with Crippen LogP contribution in [0.5, 0.6) is 0 Å². The number of hydrogen-bond donors (Lipinski definition) is 2. The van der Waals surface area contributed by atoms with E-state index in [4.69, 9.17) is 0 Å². The SMILES string of the molecule is O=C(Nc1cccc(SC2=C(Nc3ccccc3)C(=O)N(c3ccccc3)C2=O)c1)c1cccs1. The second kappa shape index (κ2) is 10.0. The lowest BCUT2D eigenvalue weighted by molar-refractivity contribution is -0.120. The molecule has 2 heterocycles. The van der Waals surface area contributed by atoms with Gasteiger partial charge in [0.15, 0.2) is 0 Å². The molecule has 8 heteroatoms. The van der Waals surface area contributed by atoms with Gasteiger partial charge in [-0.25, -0.2) is 4.90 Å². The average molecular weight is 498 g/mol. The number of imide groups is 1. The van der Waals surface area contributed by atoms with Crippen molar-refractivity contribution in [2.45, 2.75) is 4.90 Å². The van der Waals surface area contributed by atoms with Crippen molar-refractivity contribution in [1.82, 2.24) is 0 Å². The van der Waals surface area contributed by atoms with Crippen LogP contribution in [0.4, 0.5) is 17.1 Å². The van der Waals surface area contributed by atoms with Gasteiger partial charge in [-0.15, -0.1) is 11.3 Å². The number of nitrogens with zero attached hydrogens (tertiary/aromatic N) is 1. The molecule has 1 aromatic heterocycles. The van der Waals surface area contributed by atoms with E-state index in [0.717, 1.165) is 0 Å². The van der Waals surface area contributed by atoms with Crippen LogP contribution in [0.1, 0.15) is 9.67 Å². The number of rotatable bonds is 7. The summed E-state index contributed by atoms with van der Waals surface area (Å²) >= 11 is 2.54. The van der Waals surface area contributed by atoms with Crippen molar-refractivity contribution in [2.24, 2.45) is 0 Å². The lowest BCUT2D eigenvalue weighted by Gasteiger charge is -2.15. The topological polar surface area (TPSA) is 78.5 Å². The molecule has 3 amide bonds. The van der Waals surface area contributed by atoms with Gasteiger partial charge in [-0.1, -0.05) is 60.3 Å². The van der Waals surface area contributed by atoms with E-state index in [0.29, 0.717) is 26.8 Å². The molecule has 0 unspecified atom stereocenters. The third-order valence-corrected chi connectivity index (χ3v) is 7.10. The first-order valence-electron chi connectivity index (χ1n) is 10.7. The third kappa shape index (κ3) is 4.89. The summed E-state index contributed by atoms with van der Waals surface area (Å²) in [7, 11) is 0. The van der Waals surface area contributed by atoms with Crippen molar-refractivity contribution in [3.8, 4) is 0 Å². The molecule has 0 aliphatic carbocycles. The maximum atomic E-state index is 13.5. The second-order valence-corrected chi connectivity index (χ2v) is 9.57. The van der Waals surface area contributed by atoms with E-state index in [1.165, 1.54) is 28.0 Å². The summed E-state index contributed by atoms with van der Waals surface area (Å²) in [4.78, 5) is 42.1. The molecule has 0 radical (unpaired) electrons. The Hall–Kier alpha value is -4.14. The quantitative estimate of drug-likeness (QED) is 0.307. The van der Waals surface area contributed by atoms with Crippen LogP contribution in [0.3, 0.4) is 0 Å². The Morgan fingerprint density at radius 1 is 0.771 bits per heavy atom. The lowest BCUT2D eigenvalue weighted by atomic mass is 10.3. The third-order valence-electron chi connectivity index (χ3n) is 5.16. The van der Waals surface area contributed by atoms with E-state index in [1.54, 1.807) is 48.5 Å². The number of carbonyl (C=O) groups is 3. The average Bonchev–Trinajstić information content (AvgIpc) is 3.49. The molecule has 0 spiro atoms. The molecule has 4 aromatic rings. The molecule has 0 bridgehead atoms. The van der Waals surface area contributed by atoms with Crippen molar-refractivity contribution < 1.29 is 14.4 Å². The minimum atomic E-state index is -0.422. The zero-order valence-electron chi connectivity index (χ0n) is 18.3. The number of hydrogen-bond acceptors (Lipinski definition) is 6. The van der Waals surface area contributed by atoms with Gasteiger partial charge >= 0.3 is 0 Å². The van der Waals surface area contributed by atoms with Gasteiger partial charge in [0.2, 0.25) is 0 Å². The van der Waals surface area contributed by atoms with Crippen molar-refractivity contribution in [3.05, 3.63) is 118 Å². The van der Waals surface area contributed by atoms with Crippen LogP contribution in [0.15, 0.2) is 118 Å². The Morgan fingerprint density at radius 2 is 1.49 bits per heavy atom. The molecular weight excluding hydrogens is 478 g/mol. The van der Waals surface area contributed by atoms with Crippen LogP contribution >= 0.6 is 23.1 Å². The highest BCUT2D eigenvalue weighted by molar-refractivity contribution is 8.04. The number of para-hydroxylation sites is 2. The van der Waals surface area contributed by atoms with Gasteiger partial charge in [0.1, 0.15) is 10.6 Å². The molecule has 35 heavy (non-hydrogen) atoms. The van der Waals surface area contributed by atoms with Gasteiger partial charge in [-0.3, -0.25) is 14.4 Å². The Kier molecular flexibility index (Phi) is 6.47. The Morgan fingerprint density at radius 3 is 2.20 bits per heavy atom. The molecule has 0 saturated heterocycles. The first kappa shape index (κ1) is 22.6. The number of thiophene rings is 1. The Labute approximate surface area is 210 Å². The largest absolute Gasteiger partial charge is 0.350 e. The maximum absolute atomic E-state index is 13.5. The smallest absolute Gasteiger partial charge is 0.283 e. The predicted molar refractivity (Wildman–Crippen MR) is 141 cm³/mol. The molecular formula is C27H19N3O3S2. The Balaban J connectivity index is 1.46. The van der Waals surface area contributed by atoms with E-state index < -0.39 is 11.8 Å². The standard InChI is InChI=1S/C27H19N3O3S2/c31-25(22-15-8-16-34-22)29-19-11-7-14-21(17-19)35-24-23(28-18-9-3-1-4-10-18)26(32)30(27(24)33)20-12-5-2-6-13-20/h1-17,28H,(H,29,31). The fourth-order valence-electron chi connectivity index (χ4n) is 3.55. The highest BCUT2D eigenvalue weighted by Gasteiger charge is 2.40. The molecule has 0 atom stereocenters. The highest BCUT2D eigenvalue weighted by atomic mass is 32.2. The number of nitrogens with one attached hydrogen (secondary N) is 2. The molecule has 0 fully saturated rings. The normalized spacial score (nSPS) is 13.3. The fourth-order valence-corrected chi connectivity index (χ4v) is 5.15. The molecule has 6 nitrogen and oxygen atoms in total. The van der Waals surface area contributed by atoms with E-state index in [9.17, 15) is 14.4 Å². The van der Waals surface area contributed by atoms with E-state index in [1.807, 2.05) is 53.9 Å². The number of amides is 3. The number of thioether (sulfide) groups is 1. The number of anilines is 3. The summed E-state index contributed by atoms with van der Waals surface area (Å²) < 4.78 is 0. The van der Waals surface area contributed by atoms with Gasteiger partial charge in [-0.2, -0.15) is 0 Å². The first-order valence-corrected chi connectivity index (χ1v) is 12.4. The van der Waals surface area contributed by atoms with E-state index in [2.05, 4.69) is 10.6 Å². The van der Waals surface area contributed by atoms with E-state index >= 15 is 0 Å². The molecule has 0 saturated carbocycles. The van der Waals surface area contributed by atoms with Gasteiger partial charge in [-0.05, 0) is 53.9 Å². The van der Waals surface area contributed by atoms with Crippen molar-refractivity contribution in [3.63, 3.8) is 0 Å². The van der Waals surface area contributed by atoms with Crippen molar-refractivity contribution in [2.75, 3.05) is 15.5 Å². The first-order chi connectivity index (χ1) is 17.1. The van der Waals surface area contributed by atoms with Gasteiger partial charge < -0.3 is 10.6 Å². The maximum Gasteiger partial charge on any atom is 0.283 e. The highest BCUT2D eigenvalue weighted by Crippen LogP contribution is 2.38. The van der Waals surface area contributed by atoms with Crippen LogP contribution in [0.25, 0.3) is 0 Å². The number of benzene rings is 3. The van der Waals surface area contributed by atoms with Gasteiger partial charge in [0.05, 0.1) is 10.6 Å². The molecule has 1 aliphatic rings. The fraction of sp³-hybridized carbons (Fsp3) is 0. The zero-order chi connectivity index (χ0) is 24.2. The summed E-state index contributed by atoms with van der Waals surface area (Å²) in [6, 6.07) is 28.9. The number of carbonyl (C=O) groups excluding carboxylic acids is 3. The zero-order valence-corrected chi connectivity index (χ0v) is 19.9. The lowest BCUT2D eigenvalue weighted by Crippen LogP contribution is -2.32. The molecule has 172 valence electrons. The van der Waals surface area contributed by atoms with Crippen molar-refractivity contribution >= 4 is 57.9 Å². The summed E-state index contributed by atoms with van der Waals surface area (Å²) in [5, 5.41) is 7.86. The molecule has 1 aliphatic heterocycles. The summed E-state index contributed by atoms with van der Waals surface area (Å²) in [5.41, 5.74) is 2.02. The summed E-state index contributed by atoms with van der Waals surface area (Å²) in [6.07, 6.45) is 0. The van der Waals surface area contributed by atoms with E-state index in [-0.39, 0.29) is 16.5 Å².